The molecule has 1 N–H and O–H groups in total. The van der Waals surface area contributed by atoms with Gasteiger partial charge in [0.1, 0.15) is 0 Å². The maximum absolute atomic E-state index is 11.2. The Morgan fingerprint density at radius 3 is 2.92 bits per heavy atom. The third-order valence-electron chi connectivity index (χ3n) is 3.46. The summed E-state index contributed by atoms with van der Waals surface area (Å²) in [5.74, 6) is 1.12. The fourth-order valence-corrected chi connectivity index (χ4v) is 2.84. The molecule has 1 heterocycles. The lowest BCUT2D eigenvalue weighted by molar-refractivity contribution is -0.125. The normalized spacial score (nSPS) is 41.8. The molecule has 2 atom stereocenters. The van der Waals surface area contributed by atoms with E-state index in [1.165, 1.54) is 25.7 Å². The summed E-state index contributed by atoms with van der Waals surface area (Å²) in [6.07, 6.45) is 5.88. The lowest BCUT2D eigenvalue weighted by Gasteiger charge is -2.32. The van der Waals surface area contributed by atoms with Crippen molar-refractivity contribution >= 4 is 5.91 Å². The number of carbonyl (C=O) groups excluding carboxylic acids is 1. The summed E-state index contributed by atoms with van der Waals surface area (Å²) in [5, 5.41) is 2.91. The van der Waals surface area contributed by atoms with Gasteiger partial charge in [0.2, 0.25) is 5.91 Å². The zero-order chi connectivity index (χ0) is 8.60. The highest BCUT2D eigenvalue weighted by atomic mass is 16.1. The third kappa shape index (κ3) is 1.35. The Bertz CT molecular complexity index is 198. The average molecular weight is 167 g/mol. The van der Waals surface area contributed by atoms with Crippen molar-refractivity contribution in [3.63, 3.8) is 0 Å². The number of carbonyl (C=O) groups is 1. The zero-order valence-corrected chi connectivity index (χ0v) is 7.73. The van der Waals surface area contributed by atoms with E-state index in [2.05, 4.69) is 12.2 Å². The molecule has 2 aliphatic rings. The predicted octanol–water partition coefficient (Wildman–Crippen LogP) is 1.70. The summed E-state index contributed by atoms with van der Waals surface area (Å²) in [6, 6.07) is 0. The number of nitrogens with one attached hydrogen (secondary N) is 1. The Kier molecular flexibility index (Phi) is 1.85. The van der Waals surface area contributed by atoms with Crippen molar-refractivity contribution in [2.24, 2.45) is 11.3 Å². The Morgan fingerprint density at radius 1 is 1.50 bits per heavy atom. The second kappa shape index (κ2) is 2.75. The molecule has 12 heavy (non-hydrogen) atoms. The van der Waals surface area contributed by atoms with Crippen molar-refractivity contribution in [2.45, 2.75) is 39.0 Å². The summed E-state index contributed by atoms with van der Waals surface area (Å²) in [4.78, 5) is 11.2. The van der Waals surface area contributed by atoms with Crippen LogP contribution in [-0.2, 0) is 4.79 Å². The molecule has 1 amide bonds. The summed E-state index contributed by atoms with van der Waals surface area (Å²) >= 11 is 0. The van der Waals surface area contributed by atoms with E-state index < -0.39 is 0 Å². The highest BCUT2D eigenvalue weighted by Gasteiger charge is 2.40. The minimum absolute atomic E-state index is 0.273. The Morgan fingerprint density at radius 2 is 2.33 bits per heavy atom. The van der Waals surface area contributed by atoms with Gasteiger partial charge in [0.05, 0.1) is 0 Å². The molecule has 68 valence electrons. The highest BCUT2D eigenvalue weighted by molar-refractivity contribution is 5.77. The van der Waals surface area contributed by atoms with E-state index in [0.29, 0.717) is 5.41 Å². The fourth-order valence-electron chi connectivity index (χ4n) is 2.84. The molecular weight excluding hydrogens is 150 g/mol. The molecule has 2 rings (SSSR count). The van der Waals surface area contributed by atoms with Crippen LogP contribution in [-0.4, -0.2) is 12.5 Å². The molecule has 1 aliphatic carbocycles. The van der Waals surface area contributed by atoms with Crippen LogP contribution in [0.5, 0.6) is 0 Å². The number of hydrogen-bond acceptors (Lipinski definition) is 1. The van der Waals surface area contributed by atoms with Gasteiger partial charge in [0.15, 0.2) is 0 Å². The fraction of sp³-hybridized carbons (Fsp3) is 0.900. The maximum atomic E-state index is 11.2. The first-order chi connectivity index (χ1) is 5.70. The van der Waals surface area contributed by atoms with Gasteiger partial charge >= 0.3 is 0 Å². The van der Waals surface area contributed by atoms with E-state index in [1.54, 1.807) is 0 Å². The lowest BCUT2D eigenvalue weighted by Crippen LogP contribution is -2.39. The second-order valence-corrected chi connectivity index (χ2v) is 4.62. The van der Waals surface area contributed by atoms with Gasteiger partial charge in [-0.1, -0.05) is 13.3 Å². The maximum Gasteiger partial charge on any atom is 0.220 e. The van der Waals surface area contributed by atoms with Gasteiger partial charge in [-0.25, -0.2) is 0 Å². The van der Waals surface area contributed by atoms with Gasteiger partial charge in [-0.15, -0.1) is 0 Å². The molecule has 2 unspecified atom stereocenters. The molecule has 0 bridgehead atoms. The van der Waals surface area contributed by atoms with Crippen LogP contribution in [0.3, 0.4) is 0 Å². The molecule has 1 saturated heterocycles. The molecule has 2 fully saturated rings. The molecule has 1 spiro atoms. The Labute approximate surface area is 73.7 Å². The average Bonchev–Trinajstić information content (AvgIpc) is 2.32. The first-order valence-corrected chi connectivity index (χ1v) is 4.97. The van der Waals surface area contributed by atoms with Crippen LogP contribution >= 0.6 is 0 Å². The van der Waals surface area contributed by atoms with E-state index in [0.717, 1.165) is 18.9 Å². The molecule has 1 saturated carbocycles. The van der Waals surface area contributed by atoms with Crippen LogP contribution in [0, 0.1) is 11.3 Å². The van der Waals surface area contributed by atoms with Crippen LogP contribution in [0.2, 0.25) is 0 Å². The number of hydrogen-bond donors (Lipinski definition) is 1. The second-order valence-electron chi connectivity index (χ2n) is 4.62. The van der Waals surface area contributed by atoms with Gasteiger partial charge in [0.25, 0.3) is 0 Å². The van der Waals surface area contributed by atoms with Gasteiger partial charge in [-0.2, -0.15) is 0 Å². The quantitative estimate of drug-likeness (QED) is 0.584. The monoisotopic (exact) mass is 167 g/mol. The van der Waals surface area contributed by atoms with Crippen LogP contribution < -0.4 is 5.32 Å². The molecule has 0 aromatic heterocycles. The first kappa shape index (κ1) is 8.09. The standard InChI is InChI=1S/C10H17NO/c1-8-2-3-10(6-8)4-5-11-9(12)7-10/h8H,2-7H2,1H3,(H,11,12). The smallest absolute Gasteiger partial charge is 0.220 e. The summed E-state index contributed by atoms with van der Waals surface area (Å²) in [5.41, 5.74) is 0.405. The SMILES string of the molecule is CC1CCC2(CCNC(=O)C2)C1. The van der Waals surface area contributed by atoms with E-state index in [-0.39, 0.29) is 5.91 Å². The largest absolute Gasteiger partial charge is 0.356 e. The van der Waals surface area contributed by atoms with E-state index in [4.69, 9.17) is 0 Å². The topological polar surface area (TPSA) is 29.1 Å². The van der Waals surface area contributed by atoms with Gasteiger partial charge < -0.3 is 5.32 Å². The van der Waals surface area contributed by atoms with E-state index >= 15 is 0 Å². The number of amides is 1. The van der Waals surface area contributed by atoms with Crippen molar-refractivity contribution in [3.05, 3.63) is 0 Å². The molecule has 0 radical (unpaired) electrons. The van der Waals surface area contributed by atoms with Crippen molar-refractivity contribution in [1.29, 1.82) is 0 Å². The molecule has 2 nitrogen and oxygen atoms in total. The van der Waals surface area contributed by atoms with Crippen LogP contribution in [0.25, 0.3) is 0 Å². The van der Waals surface area contributed by atoms with Crippen molar-refractivity contribution < 1.29 is 4.79 Å². The summed E-state index contributed by atoms with van der Waals surface area (Å²) in [6.45, 7) is 3.22. The Balaban J connectivity index is 2.05. The zero-order valence-electron chi connectivity index (χ0n) is 7.73. The summed E-state index contributed by atoms with van der Waals surface area (Å²) < 4.78 is 0. The van der Waals surface area contributed by atoms with Crippen LogP contribution in [0.4, 0.5) is 0 Å². The first-order valence-electron chi connectivity index (χ1n) is 4.97. The van der Waals surface area contributed by atoms with E-state index in [9.17, 15) is 4.79 Å². The molecular formula is C10H17NO. The van der Waals surface area contributed by atoms with E-state index in [1.807, 2.05) is 0 Å². The third-order valence-corrected chi connectivity index (χ3v) is 3.46. The van der Waals surface area contributed by atoms with Crippen molar-refractivity contribution in [2.75, 3.05) is 6.54 Å². The Hall–Kier alpha value is -0.530. The van der Waals surface area contributed by atoms with Gasteiger partial charge in [-0.05, 0) is 30.6 Å². The predicted molar refractivity (Wildman–Crippen MR) is 47.7 cm³/mol. The molecule has 0 aromatic carbocycles. The molecule has 0 aromatic rings. The van der Waals surface area contributed by atoms with Crippen LogP contribution in [0.1, 0.15) is 39.0 Å². The number of rotatable bonds is 0. The van der Waals surface area contributed by atoms with Crippen molar-refractivity contribution in [1.82, 2.24) is 5.32 Å². The van der Waals surface area contributed by atoms with Gasteiger partial charge in [-0.3, -0.25) is 4.79 Å². The van der Waals surface area contributed by atoms with Crippen LogP contribution in [0.15, 0.2) is 0 Å². The lowest BCUT2D eigenvalue weighted by atomic mass is 9.77. The summed E-state index contributed by atoms with van der Waals surface area (Å²) in [7, 11) is 0. The highest BCUT2D eigenvalue weighted by Crippen LogP contribution is 2.47. The number of piperidine rings is 1. The molecule has 2 heteroatoms. The minimum Gasteiger partial charge on any atom is -0.356 e. The van der Waals surface area contributed by atoms with Crippen molar-refractivity contribution in [3.8, 4) is 0 Å². The molecule has 1 aliphatic heterocycles. The minimum atomic E-state index is 0.273. The van der Waals surface area contributed by atoms with Gasteiger partial charge in [0, 0.05) is 13.0 Å².